The van der Waals surface area contributed by atoms with Gasteiger partial charge in [0.15, 0.2) is 5.54 Å². The highest BCUT2D eigenvalue weighted by Crippen LogP contribution is 2.55. The van der Waals surface area contributed by atoms with Crippen LogP contribution in [-0.2, 0) is 10.3 Å². The quantitative estimate of drug-likeness (QED) is 0.656. The lowest BCUT2D eigenvalue weighted by atomic mass is 9.75. The molecule has 1 aliphatic heterocycles. The number of amides is 1. The van der Waals surface area contributed by atoms with E-state index in [2.05, 4.69) is 20.3 Å². The number of aromatic nitrogens is 2. The Balaban J connectivity index is 1.76. The van der Waals surface area contributed by atoms with Crippen molar-refractivity contribution in [3.63, 3.8) is 0 Å². The van der Waals surface area contributed by atoms with Crippen molar-refractivity contribution in [2.24, 2.45) is 16.6 Å². The minimum atomic E-state index is -3.39. The molecule has 1 aromatic carbocycles. The number of hydrogen-bond donors (Lipinski definition) is 2. The molecular formula is C19H15ClF5N5O2. The van der Waals surface area contributed by atoms with Crippen molar-refractivity contribution in [2.45, 2.75) is 36.8 Å². The van der Waals surface area contributed by atoms with Crippen molar-refractivity contribution in [3.05, 3.63) is 52.8 Å². The van der Waals surface area contributed by atoms with Crippen LogP contribution in [0.2, 0.25) is 5.15 Å². The van der Waals surface area contributed by atoms with Crippen molar-refractivity contribution < 1.29 is 31.5 Å². The van der Waals surface area contributed by atoms with Gasteiger partial charge in [-0.25, -0.2) is 36.9 Å². The highest BCUT2D eigenvalue weighted by Gasteiger charge is 2.63. The van der Waals surface area contributed by atoms with Crippen LogP contribution in [0.4, 0.5) is 27.6 Å². The fourth-order valence-corrected chi connectivity index (χ4v) is 4.20. The lowest BCUT2D eigenvalue weighted by molar-refractivity contribution is -0.0392. The third-order valence-corrected chi connectivity index (χ3v) is 5.64. The van der Waals surface area contributed by atoms with E-state index in [-0.39, 0.29) is 16.5 Å². The molecule has 2 aromatic rings. The molecule has 0 spiro atoms. The number of nitrogens with one attached hydrogen (secondary N) is 1. The Morgan fingerprint density at radius 1 is 1.25 bits per heavy atom. The van der Waals surface area contributed by atoms with E-state index in [1.165, 1.54) is 0 Å². The number of nitrogens with two attached hydrogens (primary N) is 1. The molecule has 2 heterocycles. The maximum atomic E-state index is 14.8. The first kappa shape index (κ1) is 22.2. The summed E-state index contributed by atoms with van der Waals surface area (Å²) >= 11 is 5.62. The number of anilines is 1. The predicted molar refractivity (Wildman–Crippen MR) is 103 cm³/mol. The van der Waals surface area contributed by atoms with Crippen LogP contribution in [0.5, 0.6) is 0 Å². The number of aliphatic imine (C=N–C) groups is 1. The predicted octanol–water partition coefficient (Wildman–Crippen LogP) is 3.74. The maximum absolute atomic E-state index is 14.8. The summed E-state index contributed by atoms with van der Waals surface area (Å²) in [7, 11) is 0. The molecule has 7 nitrogen and oxygen atoms in total. The van der Waals surface area contributed by atoms with E-state index in [0.717, 1.165) is 30.6 Å². The molecule has 1 aliphatic carbocycles. The molecule has 2 aliphatic rings. The van der Waals surface area contributed by atoms with Gasteiger partial charge < -0.3 is 15.8 Å². The SMILES string of the molecule is NC1=N[C@@](c2cc(NC(=O)c3cnc(Cl)cn3)ccc2F)(C(F)F)[C@H]2CC(F)(F)C[C@H]2O1. The van der Waals surface area contributed by atoms with Gasteiger partial charge in [-0.3, -0.25) is 4.79 Å². The smallest absolute Gasteiger partial charge is 0.283 e. The van der Waals surface area contributed by atoms with Crippen molar-refractivity contribution in [1.29, 1.82) is 0 Å². The van der Waals surface area contributed by atoms with Crippen LogP contribution in [0.3, 0.4) is 0 Å². The summed E-state index contributed by atoms with van der Waals surface area (Å²) < 4.78 is 76.9. The second kappa shape index (κ2) is 7.84. The zero-order valence-electron chi connectivity index (χ0n) is 16.0. The molecule has 3 N–H and O–H groups in total. The summed E-state index contributed by atoms with van der Waals surface area (Å²) in [4.78, 5) is 23.5. The zero-order valence-corrected chi connectivity index (χ0v) is 16.8. The van der Waals surface area contributed by atoms with E-state index < -0.39 is 66.1 Å². The van der Waals surface area contributed by atoms with Gasteiger partial charge in [-0.15, -0.1) is 0 Å². The molecule has 170 valence electrons. The number of nitrogens with zero attached hydrogens (tertiary/aromatic N) is 3. The average Bonchev–Trinajstić information content (AvgIpc) is 3.03. The molecular weight excluding hydrogens is 461 g/mol. The first-order valence-electron chi connectivity index (χ1n) is 9.29. The average molecular weight is 476 g/mol. The minimum Gasteiger partial charge on any atom is -0.461 e. The minimum absolute atomic E-state index is 0.0439. The Labute approximate surface area is 182 Å². The molecule has 1 aromatic heterocycles. The van der Waals surface area contributed by atoms with E-state index >= 15 is 0 Å². The topological polar surface area (TPSA) is 102 Å². The number of amidine groups is 1. The van der Waals surface area contributed by atoms with Crippen LogP contribution in [0.1, 0.15) is 28.9 Å². The summed E-state index contributed by atoms with van der Waals surface area (Å²) in [6.07, 6.45) is -4.41. The second-order valence-electron chi connectivity index (χ2n) is 7.48. The molecule has 32 heavy (non-hydrogen) atoms. The fourth-order valence-electron chi connectivity index (χ4n) is 4.11. The number of fused-ring (bicyclic) bond motifs is 1. The van der Waals surface area contributed by atoms with Crippen LogP contribution >= 0.6 is 11.6 Å². The van der Waals surface area contributed by atoms with Gasteiger partial charge in [0.05, 0.1) is 12.4 Å². The largest absolute Gasteiger partial charge is 0.461 e. The first-order valence-corrected chi connectivity index (χ1v) is 9.66. The summed E-state index contributed by atoms with van der Waals surface area (Å²) in [5, 5.41) is 2.42. The van der Waals surface area contributed by atoms with Crippen LogP contribution < -0.4 is 11.1 Å². The third-order valence-electron chi connectivity index (χ3n) is 5.44. The van der Waals surface area contributed by atoms with Crippen molar-refractivity contribution in [1.82, 2.24) is 9.97 Å². The molecule has 1 fully saturated rings. The van der Waals surface area contributed by atoms with E-state index in [0.29, 0.717) is 0 Å². The lowest BCUT2D eigenvalue weighted by Gasteiger charge is -2.41. The number of carbonyl (C=O) groups is 1. The van der Waals surface area contributed by atoms with E-state index in [9.17, 15) is 26.7 Å². The molecule has 0 bridgehead atoms. The number of alkyl halides is 4. The molecule has 0 unspecified atom stereocenters. The van der Waals surface area contributed by atoms with Gasteiger partial charge in [-0.05, 0) is 18.2 Å². The van der Waals surface area contributed by atoms with E-state index in [4.69, 9.17) is 22.1 Å². The monoisotopic (exact) mass is 475 g/mol. The summed E-state index contributed by atoms with van der Waals surface area (Å²) in [5.74, 6) is -6.77. The highest BCUT2D eigenvalue weighted by molar-refractivity contribution is 6.29. The van der Waals surface area contributed by atoms with Crippen LogP contribution in [0.15, 0.2) is 35.6 Å². The third kappa shape index (κ3) is 3.83. The van der Waals surface area contributed by atoms with E-state index in [1.54, 1.807) is 0 Å². The van der Waals surface area contributed by atoms with Crippen molar-refractivity contribution in [3.8, 4) is 0 Å². The summed E-state index contributed by atoms with van der Waals surface area (Å²) in [6, 6.07) is 2.12. The van der Waals surface area contributed by atoms with Gasteiger partial charge in [0, 0.05) is 30.0 Å². The van der Waals surface area contributed by atoms with Gasteiger partial charge in [0.25, 0.3) is 24.3 Å². The summed E-state index contributed by atoms with van der Waals surface area (Å²) in [5.41, 5.74) is 1.87. The number of rotatable bonds is 4. The van der Waals surface area contributed by atoms with Crippen molar-refractivity contribution in [2.75, 3.05) is 5.32 Å². The Morgan fingerprint density at radius 2 is 2.00 bits per heavy atom. The molecule has 0 saturated heterocycles. The Morgan fingerprint density at radius 3 is 2.66 bits per heavy atom. The fraction of sp³-hybridized carbons (Fsp3) is 0.368. The molecule has 1 saturated carbocycles. The van der Waals surface area contributed by atoms with Gasteiger partial charge in [-0.2, -0.15) is 0 Å². The zero-order chi connectivity index (χ0) is 23.3. The van der Waals surface area contributed by atoms with Gasteiger partial charge in [0.2, 0.25) is 0 Å². The Hall–Kier alpha value is -3.02. The van der Waals surface area contributed by atoms with Crippen LogP contribution in [0, 0.1) is 11.7 Å². The molecule has 1 amide bonds. The molecule has 0 radical (unpaired) electrons. The Bertz CT molecular complexity index is 1080. The standard InChI is InChI=1S/C19H15ClF5N5O2/c20-14-7-27-12(6-28-14)15(31)29-8-1-2-11(21)9(3-8)19(16(22)23)10-4-18(24,25)5-13(10)32-17(26)30-19/h1-3,6-7,10,13,16H,4-5H2,(H2,26,30)(H,29,31)/t10-,13+,19+/m0/s1. The van der Waals surface area contributed by atoms with Gasteiger partial charge in [-0.1, -0.05) is 11.6 Å². The molecule has 3 atom stereocenters. The number of carbonyl (C=O) groups excluding carboxylic acids is 1. The number of hydrogen-bond acceptors (Lipinski definition) is 6. The van der Waals surface area contributed by atoms with Crippen LogP contribution in [0.25, 0.3) is 0 Å². The summed E-state index contributed by atoms with van der Waals surface area (Å²) in [6.45, 7) is 0. The number of benzene rings is 1. The lowest BCUT2D eigenvalue weighted by Crippen LogP contribution is -2.51. The number of halogens is 6. The number of ether oxygens (including phenoxy) is 1. The Kier molecular flexibility index (Phi) is 5.43. The van der Waals surface area contributed by atoms with Gasteiger partial charge in [0.1, 0.15) is 22.8 Å². The van der Waals surface area contributed by atoms with Crippen LogP contribution in [-0.4, -0.2) is 40.3 Å². The molecule has 4 rings (SSSR count). The van der Waals surface area contributed by atoms with Gasteiger partial charge >= 0.3 is 0 Å². The van der Waals surface area contributed by atoms with E-state index in [1.807, 2.05) is 0 Å². The maximum Gasteiger partial charge on any atom is 0.283 e. The van der Waals surface area contributed by atoms with Crippen molar-refractivity contribution >= 4 is 29.2 Å². The normalized spacial score (nSPS) is 26.3. The second-order valence-corrected chi connectivity index (χ2v) is 7.86. The molecule has 13 heteroatoms. The highest BCUT2D eigenvalue weighted by atomic mass is 35.5. The first-order chi connectivity index (χ1) is 15.0.